The highest BCUT2D eigenvalue weighted by molar-refractivity contribution is 5.71. The van der Waals surface area contributed by atoms with Crippen LogP contribution in [0.1, 0.15) is 50.1 Å². The number of hydrogen-bond donors (Lipinski definition) is 1. The minimum atomic E-state index is -0.884. The summed E-state index contributed by atoms with van der Waals surface area (Å²) in [5, 5.41) is 11.2. The topological polar surface area (TPSA) is 75.4 Å². The number of aromatic nitrogens is 2. The van der Waals surface area contributed by atoms with Gasteiger partial charge >= 0.3 is 11.7 Å². The molecule has 0 unspecified atom stereocenters. The van der Waals surface area contributed by atoms with Gasteiger partial charge in [0.25, 0.3) is 0 Å². The SMILES string of the molecule is CCc1nc(=O)n(N2CCCCC2)c(CC)c1CC(=O)O. The fraction of sp³-hybridized carbons (Fsp3) is 0.667. The largest absolute Gasteiger partial charge is 0.481 e. The summed E-state index contributed by atoms with van der Waals surface area (Å²) in [4.78, 5) is 27.7. The van der Waals surface area contributed by atoms with E-state index in [1.807, 2.05) is 18.9 Å². The highest BCUT2D eigenvalue weighted by Crippen LogP contribution is 2.16. The van der Waals surface area contributed by atoms with Crippen molar-refractivity contribution < 1.29 is 9.90 Å². The minimum Gasteiger partial charge on any atom is -0.481 e. The van der Waals surface area contributed by atoms with Crippen LogP contribution in [0.5, 0.6) is 0 Å². The summed E-state index contributed by atoms with van der Waals surface area (Å²) < 4.78 is 1.62. The van der Waals surface area contributed by atoms with Crippen LogP contribution in [0.3, 0.4) is 0 Å². The van der Waals surface area contributed by atoms with Crippen LogP contribution in [0, 0.1) is 0 Å². The number of hydrogen-bond acceptors (Lipinski definition) is 4. The van der Waals surface area contributed by atoms with Crippen LogP contribution >= 0.6 is 0 Å². The zero-order valence-corrected chi connectivity index (χ0v) is 12.8. The van der Waals surface area contributed by atoms with Gasteiger partial charge in [-0.2, -0.15) is 4.98 Å². The zero-order chi connectivity index (χ0) is 15.4. The second-order valence-corrected chi connectivity index (χ2v) is 5.37. The van der Waals surface area contributed by atoms with Gasteiger partial charge in [0.15, 0.2) is 0 Å². The van der Waals surface area contributed by atoms with Gasteiger partial charge in [0.2, 0.25) is 0 Å². The molecule has 0 spiro atoms. The van der Waals surface area contributed by atoms with E-state index in [1.54, 1.807) is 4.68 Å². The zero-order valence-electron chi connectivity index (χ0n) is 12.8. The second-order valence-electron chi connectivity index (χ2n) is 5.37. The molecule has 1 aliphatic rings. The molecule has 1 saturated heterocycles. The van der Waals surface area contributed by atoms with E-state index in [1.165, 1.54) is 6.42 Å². The summed E-state index contributed by atoms with van der Waals surface area (Å²) in [6.07, 6.45) is 4.41. The maximum absolute atomic E-state index is 12.4. The lowest BCUT2D eigenvalue weighted by molar-refractivity contribution is -0.136. The summed E-state index contributed by atoms with van der Waals surface area (Å²) in [6, 6.07) is 0. The molecular weight excluding hydrogens is 270 g/mol. The highest BCUT2D eigenvalue weighted by atomic mass is 16.4. The number of carbonyl (C=O) groups is 1. The van der Waals surface area contributed by atoms with Crippen LogP contribution in [0.25, 0.3) is 0 Å². The average molecular weight is 293 g/mol. The number of carboxylic acid groups (broad SMARTS) is 1. The fourth-order valence-corrected chi connectivity index (χ4v) is 3.02. The monoisotopic (exact) mass is 293 g/mol. The first kappa shape index (κ1) is 15.5. The summed E-state index contributed by atoms with van der Waals surface area (Å²) in [5.74, 6) is -0.884. The number of rotatable bonds is 5. The summed E-state index contributed by atoms with van der Waals surface area (Å²) in [6.45, 7) is 5.51. The van der Waals surface area contributed by atoms with Crippen LogP contribution in [0.4, 0.5) is 0 Å². The molecule has 0 aromatic carbocycles. The minimum absolute atomic E-state index is 0.0759. The maximum atomic E-state index is 12.4. The molecule has 0 bridgehead atoms. The molecule has 6 heteroatoms. The Morgan fingerprint density at radius 3 is 2.38 bits per heavy atom. The van der Waals surface area contributed by atoms with Gasteiger partial charge < -0.3 is 10.1 Å². The van der Waals surface area contributed by atoms with Gasteiger partial charge in [-0.25, -0.2) is 9.47 Å². The standard InChI is InChI=1S/C15H23N3O3/c1-3-12-11(10-14(19)20)13(4-2)18(15(21)16-12)17-8-6-5-7-9-17/h3-10H2,1-2H3,(H,19,20). The van der Waals surface area contributed by atoms with E-state index in [0.717, 1.165) is 31.6 Å². The molecule has 1 aliphatic heterocycles. The van der Waals surface area contributed by atoms with E-state index in [4.69, 9.17) is 5.11 Å². The molecule has 0 saturated carbocycles. The Balaban J connectivity index is 2.57. The highest BCUT2D eigenvalue weighted by Gasteiger charge is 2.21. The lowest BCUT2D eigenvalue weighted by Gasteiger charge is -2.32. The van der Waals surface area contributed by atoms with Crippen LogP contribution in [0.2, 0.25) is 0 Å². The third-order valence-electron chi connectivity index (χ3n) is 3.98. The van der Waals surface area contributed by atoms with Crippen LogP contribution in [-0.4, -0.2) is 33.8 Å². The lowest BCUT2D eigenvalue weighted by Crippen LogP contribution is -2.48. The van der Waals surface area contributed by atoms with Crippen molar-refractivity contribution in [3.8, 4) is 0 Å². The van der Waals surface area contributed by atoms with E-state index in [2.05, 4.69) is 4.98 Å². The number of aliphatic carboxylic acids is 1. The Hall–Kier alpha value is -1.85. The maximum Gasteiger partial charge on any atom is 0.366 e. The van der Waals surface area contributed by atoms with Gasteiger partial charge in [0, 0.05) is 18.7 Å². The average Bonchev–Trinajstić information content (AvgIpc) is 2.48. The first-order valence-corrected chi connectivity index (χ1v) is 7.69. The Labute approximate surface area is 124 Å². The van der Waals surface area contributed by atoms with Gasteiger partial charge in [-0.3, -0.25) is 4.79 Å². The molecule has 0 amide bonds. The molecule has 1 fully saturated rings. The van der Waals surface area contributed by atoms with Crippen LogP contribution in [-0.2, 0) is 24.1 Å². The van der Waals surface area contributed by atoms with Crippen molar-refractivity contribution in [2.24, 2.45) is 0 Å². The molecule has 2 heterocycles. The van der Waals surface area contributed by atoms with Crippen molar-refractivity contribution in [1.82, 2.24) is 9.66 Å². The predicted octanol–water partition coefficient (Wildman–Crippen LogP) is 1.12. The summed E-state index contributed by atoms with van der Waals surface area (Å²) >= 11 is 0. The quantitative estimate of drug-likeness (QED) is 0.880. The molecular formula is C15H23N3O3. The summed E-state index contributed by atoms with van der Waals surface area (Å²) in [7, 11) is 0. The van der Waals surface area contributed by atoms with Crippen LogP contribution in [0.15, 0.2) is 4.79 Å². The van der Waals surface area contributed by atoms with E-state index < -0.39 is 5.97 Å². The first-order chi connectivity index (χ1) is 10.1. The van der Waals surface area contributed by atoms with Crippen molar-refractivity contribution in [1.29, 1.82) is 0 Å². The van der Waals surface area contributed by atoms with Crippen molar-refractivity contribution in [2.45, 2.75) is 52.4 Å². The normalized spacial score (nSPS) is 15.2. The third kappa shape index (κ3) is 3.25. The molecule has 116 valence electrons. The molecule has 1 aromatic rings. The molecule has 1 N–H and O–H groups in total. The number of nitrogens with zero attached hydrogens (tertiary/aromatic N) is 3. The number of piperidine rings is 1. The third-order valence-corrected chi connectivity index (χ3v) is 3.98. The molecule has 1 aromatic heterocycles. The second kappa shape index (κ2) is 6.74. The molecule has 21 heavy (non-hydrogen) atoms. The molecule has 0 atom stereocenters. The molecule has 2 rings (SSSR count). The van der Waals surface area contributed by atoms with E-state index in [0.29, 0.717) is 24.1 Å². The lowest BCUT2D eigenvalue weighted by atomic mass is 10.0. The number of aryl methyl sites for hydroxylation is 1. The van der Waals surface area contributed by atoms with Crippen molar-refractivity contribution in [2.75, 3.05) is 18.1 Å². The van der Waals surface area contributed by atoms with Crippen molar-refractivity contribution in [3.05, 3.63) is 27.4 Å². The van der Waals surface area contributed by atoms with Crippen molar-refractivity contribution >= 4 is 5.97 Å². The Bertz CT molecular complexity index is 574. The summed E-state index contributed by atoms with van der Waals surface area (Å²) in [5.41, 5.74) is 1.85. The molecule has 0 radical (unpaired) electrons. The smallest absolute Gasteiger partial charge is 0.366 e. The van der Waals surface area contributed by atoms with E-state index in [-0.39, 0.29) is 12.1 Å². The fourth-order valence-electron chi connectivity index (χ4n) is 3.02. The van der Waals surface area contributed by atoms with Gasteiger partial charge in [-0.15, -0.1) is 0 Å². The molecule has 6 nitrogen and oxygen atoms in total. The Morgan fingerprint density at radius 1 is 1.19 bits per heavy atom. The number of carboxylic acids is 1. The van der Waals surface area contributed by atoms with Crippen LogP contribution < -0.4 is 10.7 Å². The molecule has 0 aliphatic carbocycles. The Morgan fingerprint density at radius 2 is 1.86 bits per heavy atom. The van der Waals surface area contributed by atoms with Gasteiger partial charge in [-0.1, -0.05) is 13.8 Å². The Kier molecular flexibility index (Phi) is 4.98. The van der Waals surface area contributed by atoms with Gasteiger partial charge in [-0.05, 0) is 32.1 Å². The first-order valence-electron chi connectivity index (χ1n) is 7.69. The van der Waals surface area contributed by atoms with Crippen molar-refractivity contribution in [3.63, 3.8) is 0 Å². The van der Waals surface area contributed by atoms with E-state index in [9.17, 15) is 9.59 Å². The van der Waals surface area contributed by atoms with Gasteiger partial charge in [0.1, 0.15) is 0 Å². The van der Waals surface area contributed by atoms with Gasteiger partial charge in [0.05, 0.1) is 17.8 Å². The van der Waals surface area contributed by atoms with E-state index >= 15 is 0 Å². The predicted molar refractivity (Wildman–Crippen MR) is 80.4 cm³/mol.